The molecule has 0 radical (unpaired) electrons. The molecule has 1 N–H and O–H groups in total. The smallest absolute Gasteiger partial charge is 0.289 e. The molecule has 1 aromatic heterocycles. The maximum Gasteiger partial charge on any atom is 0.289 e. The third kappa shape index (κ3) is 4.26. The Morgan fingerprint density at radius 2 is 1.84 bits per heavy atom. The summed E-state index contributed by atoms with van der Waals surface area (Å²) in [7, 11) is 1.64. The van der Waals surface area contributed by atoms with Crippen LogP contribution in [0.4, 0.5) is 0 Å². The second kappa shape index (κ2) is 7.66. The standard InChI is InChI=1S/C20H20N2O3/c1-14-3-7-16(8-4-14)18-13-19(25-22-18)20(23)21-12-11-15-5-9-17(24-2)10-6-15/h3-10,13H,11-12H2,1-2H3,(H,21,23). The summed E-state index contributed by atoms with van der Waals surface area (Å²) in [4.78, 5) is 12.2. The molecule has 0 atom stereocenters. The van der Waals surface area contributed by atoms with Crippen LogP contribution in [0.5, 0.6) is 5.75 Å². The van der Waals surface area contributed by atoms with Crippen molar-refractivity contribution < 1.29 is 14.1 Å². The predicted molar refractivity (Wildman–Crippen MR) is 95.7 cm³/mol. The van der Waals surface area contributed by atoms with Gasteiger partial charge in [0.05, 0.1) is 7.11 Å². The number of aromatic nitrogens is 1. The van der Waals surface area contributed by atoms with Crippen LogP contribution >= 0.6 is 0 Å². The van der Waals surface area contributed by atoms with Gasteiger partial charge in [-0.05, 0) is 31.0 Å². The number of nitrogens with one attached hydrogen (secondary N) is 1. The lowest BCUT2D eigenvalue weighted by atomic mass is 10.1. The molecule has 5 nitrogen and oxygen atoms in total. The van der Waals surface area contributed by atoms with Gasteiger partial charge in [0, 0.05) is 18.2 Å². The van der Waals surface area contributed by atoms with Gasteiger partial charge in [-0.25, -0.2) is 0 Å². The van der Waals surface area contributed by atoms with Crippen LogP contribution < -0.4 is 10.1 Å². The van der Waals surface area contributed by atoms with E-state index in [4.69, 9.17) is 9.26 Å². The highest BCUT2D eigenvalue weighted by molar-refractivity contribution is 5.92. The molecule has 3 rings (SSSR count). The van der Waals surface area contributed by atoms with E-state index in [1.54, 1.807) is 13.2 Å². The molecule has 0 unspecified atom stereocenters. The number of benzene rings is 2. The topological polar surface area (TPSA) is 64.4 Å². The Kier molecular flexibility index (Phi) is 5.14. The van der Waals surface area contributed by atoms with Crippen molar-refractivity contribution in [3.8, 4) is 17.0 Å². The highest BCUT2D eigenvalue weighted by atomic mass is 16.5. The van der Waals surface area contributed by atoms with Crippen molar-refractivity contribution >= 4 is 5.91 Å². The molecule has 1 amide bonds. The molecule has 0 spiro atoms. The summed E-state index contributed by atoms with van der Waals surface area (Å²) in [6.45, 7) is 2.54. The Labute approximate surface area is 146 Å². The molecule has 1 heterocycles. The van der Waals surface area contributed by atoms with Gasteiger partial charge >= 0.3 is 0 Å². The van der Waals surface area contributed by atoms with E-state index in [0.717, 1.165) is 23.3 Å². The van der Waals surface area contributed by atoms with Gasteiger partial charge in [0.1, 0.15) is 11.4 Å². The van der Waals surface area contributed by atoms with Crippen LogP contribution in [-0.2, 0) is 6.42 Å². The van der Waals surface area contributed by atoms with Crippen LogP contribution in [0.2, 0.25) is 0 Å². The summed E-state index contributed by atoms with van der Waals surface area (Å²) in [6.07, 6.45) is 0.731. The third-order valence-corrected chi connectivity index (χ3v) is 3.94. The monoisotopic (exact) mass is 336 g/mol. The average molecular weight is 336 g/mol. The molecule has 3 aromatic rings. The zero-order valence-corrected chi connectivity index (χ0v) is 14.3. The molecule has 25 heavy (non-hydrogen) atoms. The van der Waals surface area contributed by atoms with Gasteiger partial charge < -0.3 is 14.6 Å². The fraction of sp³-hybridized carbons (Fsp3) is 0.200. The van der Waals surface area contributed by atoms with E-state index in [1.807, 2.05) is 55.5 Å². The van der Waals surface area contributed by atoms with Crippen molar-refractivity contribution in [1.82, 2.24) is 10.5 Å². The van der Waals surface area contributed by atoms with Gasteiger partial charge in [0.2, 0.25) is 5.76 Å². The highest BCUT2D eigenvalue weighted by Gasteiger charge is 2.13. The van der Waals surface area contributed by atoms with Gasteiger partial charge in [-0.2, -0.15) is 0 Å². The zero-order valence-electron chi connectivity index (χ0n) is 14.3. The number of rotatable bonds is 6. The predicted octanol–water partition coefficient (Wildman–Crippen LogP) is 3.63. The maximum atomic E-state index is 12.2. The molecule has 0 aliphatic rings. The summed E-state index contributed by atoms with van der Waals surface area (Å²) in [5.41, 5.74) is 3.87. The van der Waals surface area contributed by atoms with Crippen molar-refractivity contribution in [2.24, 2.45) is 0 Å². The number of hydrogen-bond donors (Lipinski definition) is 1. The SMILES string of the molecule is COc1ccc(CCNC(=O)c2cc(-c3ccc(C)cc3)no2)cc1. The molecule has 0 aliphatic heterocycles. The Hall–Kier alpha value is -3.08. The molecule has 5 heteroatoms. The number of carbonyl (C=O) groups is 1. The lowest BCUT2D eigenvalue weighted by Gasteiger charge is -2.04. The molecule has 0 bridgehead atoms. The number of methoxy groups -OCH3 is 1. The highest BCUT2D eigenvalue weighted by Crippen LogP contribution is 2.19. The first kappa shape index (κ1) is 16.8. The largest absolute Gasteiger partial charge is 0.497 e. The second-order valence-corrected chi connectivity index (χ2v) is 5.80. The molecule has 2 aromatic carbocycles. The summed E-state index contributed by atoms with van der Waals surface area (Å²) >= 11 is 0. The number of amides is 1. The summed E-state index contributed by atoms with van der Waals surface area (Å²) in [6, 6.07) is 17.3. The molecule has 0 fully saturated rings. The van der Waals surface area contributed by atoms with Crippen LogP contribution in [0.3, 0.4) is 0 Å². The van der Waals surface area contributed by atoms with Gasteiger partial charge in [-0.3, -0.25) is 4.79 Å². The van der Waals surface area contributed by atoms with E-state index in [9.17, 15) is 4.79 Å². The number of ether oxygens (including phenoxy) is 1. The van der Waals surface area contributed by atoms with Crippen molar-refractivity contribution in [3.05, 3.63) is 71.5 Å². The number of carbonyl (C=O) groups excluding carboxylic acids is 1. The van der Waals surface area contributed by atoms with Crippen molar-refractivity contribution in [2.75, 3.05) is 13.7 Å². The van der Waals surface area contributed by atoms with Crippen LogP contribution in [0, 0.1) is 6.92 Å². The van der Waals surface area contributed by atoms with Crippen LogP contribution in [0.15, 0.2) is 59.1 Å². The Balaban J connectivity index is 1.55. The summed E-state index contributed by atoms with van der Waals surface area (Å²) in [5, 5.41) is 6.82. The molecule has 0 saturated carbocycles. The quantitative estimate of drug-likeness (QED) is 0.746. The van der Waals surface area contributed by atoms with E-state index in [1.165, 1.54) is 5.56 Å². The number of aryl methyl sites for hydroxylation is 1. The normalized spacial score (nSPS) is 10.5. The summed E-state index contributed by atoms with van der Waals surface area (Å²) in [5.74, 6) is 0.766. The Bertz CT molecular complexity index is 836. The first-order chi connectivity index (χ1) is 12.2. The number of nitrogens with zero attached hydrogens (tertiary/aromatic N) is 1. The first-order valence-corrected chi connectivity index (χ1v) is 8.10. The third-order valence-electron chi connectivity index (χ3n) is 3.94. The van der Waals surface area contributed by atoms with Gasteiger partial charge in [-0.1, -0.05) is 47.1 Å². The molecule has 0 aliphatic carbocycles. The van der Waals surface area contributed by atoms with E-state index in [2.05, 4.69) is 10.5 Å². The van der Waals surface area contributed by atoms with Gasteiger partial charge in [0.15, 0.2) is 0 Å². The fourth-order valence-corrected chi connectivity index (χ4v) is 2.44. The van der Waals surface area contributed by atoms with Crippen molar-refractivity contribution in [1.29, 1.82) is 0 Å². The minimum atomic E-state index is -0.264. The Morgan fingerprint density at radius 1 is 1.12 bits per heavy atom. The lowest BCUT2D eigenvalue weighted by Crippen LogP contribution is -2.25. The summed E-state index contributed by atoms with van der Waals surface area (Å²) < 4.78 is 10.3. The van der Waals surface area contributed by atoms with E-state index in [-0.39, 0.29) is 11.7 Å². The maximum absolute atomic E-state index is 12.2. The molecule has 128 valence electrons. The molecule has 0 saturated heterocycles. The minimum Gasteiger partial charge on any atom is -0.497 e. The lowest BCUT2D eigenvalue weighted by molar-refractivity contribution is 0.0917. The van der Waals surface area contributed by atoms with E-state index in [0.29, 0.717) is 12.2 Å². The first-order valence-electron chi connectivity index (χ1n) is 8.10. The van der Waals surface area contributed by atoms with Gasteiger partial charge in [-0.15, -0.1) is 0 Å². The van der Waals surface area contributed by atoms with Gasteiger partial charge in [0.25, 0.3) is 5.91 Å². The van der Waals surface area contributed by atoms with E-state index >= 15 is 0 Å². The van der Waals surface area contributed by atoms with Crippen molar-refractivity contribution in [2.45, 2.75) is 13.3 Å². The van der Waals surface area contributed by atoms with Crippen LogP contribution in [0.25, 0.3) is 11.3 Å². The average Bonchev–Trinajstić information content (AvgIpc) is 3.13. The van der Waals surface area contributed by atoms with Crippen LogP contribution in [-0.4, -0.2) is 24.7 Å². The Morgan fingerprint density at radius 3 is 2.52 bits per heavy atom. The van der Waals surface area contributed by atoms with Crippen molar-refractivity contribution in [3.63, 3.8) is 0 Å². The number of hydrogen-bond acceptors (Lipinski definition) is 4. The second-order valence-electron chi connectivity index (χ2n) is 5.80. The van der Waals surface area contributed by atoms with E-state index < -0.39 is 0 Å². The molecular weight excluding hydrogens is 316 g/mol. The fourth-order valence-electron chi connectivity index (χ4n) is 2.44. The zero-order chi connectivity index (χ0) is 17.6. The minimum absolute atomic E-state index is 0.213. The van der Waals surface area contributed by atoms with Crippen LogP contribution in [0.1, 0.15) is 21.7 Å². The molecular formula is C20H20N2O3.